The lowest BCUT2D eigenvalue weighted by molar-refractivity contribution is -0.128. The number of hydrogen-bond acceptors (Lipinski definition) is 5. The number of carbonyl (C=O) groups is 1. The van der Waals surface area contributed by atoms with Gasteiger partial charge in [-0.3, -0.25) is 4.79 Å². The van der Waals surface area contributed by atoms with E-state index >= 15 is 0 Å². The summed E-state index contributed by atoms with van der Waals surface area (Å²) >= 11 is 0. The molecule has 0 radical (unpaired) electrons. The quantitative estimate of drug-likeness (QED) is 0.790. The summed E-state index contributed by atoms with van der Waals surface area (Å²) in [5.74, 6) is 0.619. The van der Waals surface area contributed by atoms with Crippen LogP contribution >= 0.6 is 0 Å². The first-order chi connectivity index (χ1) is 9.81. The standard InChI is InChI=1S/C13H20N2O5S/c1-15(2)13(16)7-8-14-21(17,18)10-5-6-11(19-3)12(9-10)20-4/h5-6,9,14H,7-8H2,1-4H3. The van der Waals surface area contributed by atoms with Crippen LogP contribution in [-0.4, -0.2) is 54.1 Å². The zero-order valence-electron chi connectivity index (χ0n) is 12.5. The largest absolute Gasteiger partial charge is 0.493 e. The molecule has 1 aromatic rings. The van der Waals surface area contributed by atoms with Crippen LogP contribution in [0.2, 0.25) is 0 Å². The van der Waals surface area contributed by atoms with Crippen LogP contribution in [0.3, 0.4) is 0 Å². The number of sulfonamides is 1. The Hall–Kier alpha value is -1.80. The van der Waals surface area contributed by atoms with Crippen molar-refractivity contribution < 1.29 is 22.7 Å². The van der Waals surface area contributed by atoms with Crippen molar-refractivity contribution in [2.45, 2.75) is 11.3 Å². The fraction of sp³-hybridized carbons (Fsp3) is 0.462. The van der Waals surface area contributed by atoms with Crippen molar-refractivity contribution in [2.24, 2.45) is 0 Å². The first kappa shape index (κ1) is 17.3. The van der Waals surface area contributed by atoms with Gasteiger partial charge in [-0.2, -0.15) is 0 Å². The van der Waals surface area contributed by atoms with E-state index in [1.165, 1.54) is 37.3 Å². The Morgan fingerprint density at radius 3 is 2.33 bits per heavy atom. The van der Waals surface area contributed by atoms with Gasteiger partial charge in [0.25, 0.3) is 0 Å². The molecule has 1 N–H and O–H groups in total. The van der Waals surface area contributed by atoms with Gasteiger partial charge in [-0.05, 0) is 12.1 Å². The molecule has 0 saturated heterocycles. The van der Waals surface area contributed by atoms with Gasteiger partial charge in [-0.15, -0.1) is 0 Å². The predicted molar refractivity (Wildman–Crippen MR) is 78.0 cm³/mol. The van der Waals surface area contributed by atoms with Gasteiger partial charge in [-0.25, -0.2) is 13.1 Å². The van der Waals surface area contributed by atoms with Crippen molar-refractivity contribution in [3.8, 4) is 11.5 Å². The third-order valence-electron chi connectivity index (χ3n) is 2.80. The summed E-state index contributed by atoms with van der Waals surface area (Å²) in [7, 11) is 2.43. The van der Waals surface area contributed by atoms with Crippen LogP contribution in [0.4, 0.5) is 0 Å². The lowest BCUT2D eigenvalue weighted by Crippen LogP contribution is -2.30. The summed E-state index contributed by atoms with van der Waals surface area (Å²) in [4.78, 5) is 12.9. The normalized spacial score (nSPS) is 11.0. The third kappa shape index (κ3) is 4.61. The summed E-state index contributed by atoms with van der Waals surface area (Å²) in [5, 5.41) is 0. The van der Waals surface area contributed by atoms with E-state index in [0.29, 0.717) is 11.5 Å². The van der Waals surface area contributed by atoms with Gasteiger partial charge in [0.2, 0.25) is 15.9 Å². The Morgan fingerprint density at radius 2 is 1.81 bits per heavy atom. The van der Waals surface area contributed by atoms with Gasteiger partial charge < -0.3 is 14.4 Å². The summed E-state index contributed by atoms with van der Waals surface area (Å²) in [6, 6.07) is 4.30. The second kappa shape index (κ2) is 7.28. The van der Waals surface area contributed by atoms with E-state index in [-0.39, 0.29) is 23.8 Å². The van der Waals surface area contributed by atoms with E-state index in [1.807, 2.05) is 0 Å². The zero-order valence-corrected chi connectivity index (χ0v) is 13.4. The first-order valence-electron chi connectivity index (χ1n) is 6.23. The number of methoxy groups -OCH3 is 2. The highest BCUT2D eigenvalue weighted by atomic mass is 32.2. The minimum atomic E-state index is -3.70. The Bertz CT molecular complexity index is 599. The molecule has 118 valence electrons. The molecule has 21 heavy (non-hydrogen) atoms. The average Bonchev–Trinajstić information content (AvgIpc) is 2.45. The van der Waals surface area contributed by atoms with Crippen LogP contribution in [0, 0.1) is 0 Å². The first-order valence-corrected chi connectivity index (χ1v) is 7.72. The number of carbonyl (C=O) groups excluding carboxylic acids is 1. The summed E-state index contributed by atoms with van der Waals surface area (Å²) in [6.07, 6.45) is 0.0967. The molecule has 8 heteroatoms. The van der Waals surface area contributed by atoms with Crippen LogP contribution in [0.25, 0.3) is 0 Å². The van der Waals surface area contributed by atoms with Crippen molar-refractivity contribution in [2.75, 3.05) is 34.9 Å². The third-order valence-corrected chi connectivity index (χ3v) is 4.25. The SMILES string of the molecule is COc1ccc(S(=O)(=O)NCCC(=O)N(C)C)cc1OC. The molecule has 0 atom stereocenters. The maximum absolute atomic E-state index is 12.1. The van der Waals surface area contributed by atoms with Crippen LogP contribution in [0.5, 0.6) is 11.5 Å². The fourth-order valence-corrected chi connectivity index (χ4v) is 2.63. The van der Waals surface area contributed by atoms with Crippen LogP contribution in [-0.2, 0) is 14.8 Å². The van der Waals surface area contributed by atoms with E-state index < -0.39 is 10.0 Å². The van der Waals surface area contributed by atoms with Gasteiger partial charge in [0, 0.05) is 33.1 Å². The molecule has 1 amide bonds. The van der Waals surface area contributed by atoms with Gasteiger partial charge in [0.05, 0.1) is 19.1 Å². The van der Waals surface area contributed by atoms with Crippen molar-refractivity contribution in [1.29, 1.82) is 0 Å². The number of amides is 1. The molecule has 0 aliphatic carbocycles. The Balaban J connectivity index is 2.81. The molecule has 0 spiro atoms. The lowest BCUT2D eigenvalue weighted by atomic mass is 10.3. The van der Waals surface area contributed by atoms with Crippen molar-refractivity contribution in [1.82, 2.24) is 9.62 Å². The summed E-state index contributed by atoms with van der Waals surface area (Å²) < 4.78 is 36.7. The van der Waals surface area contributed by atoms with Crippen LogP contribution in [0.1, 0.15) is 6.42 Å². The maximum Gasteiger partial charge on any atom is 0.240 e. The second-order valence-corrected chi connectivity index (χ2v) is 6.22. The zero-order chi connectivity index (χ0) is 16.0. The molecule has 7 nitrogen and oxygen atoms in total. The lowest BCUT2D eigenvalue weighted by Gasteiger charge is -2.12. The second-order valence-electron chi connectivity index (χ2n) is 4.45. The predicted octanol–water partition coefficient (Wildman–Crippen LogP) is 0.460. The number of hydrogen-bond donors (Lipinski definition) is 1. The Kier molecular flexibility index (Phi) is 5.98. The molecule has 0 aliphatic rings. The van der Waals surface area contributed by atoms with Gasteiger partial charge >= 0.3 is 0 Å². The summed E-state index contributed by atoms with van der Waals surface area (Å²) in [6.45, 7) is 0.0354. The number of ether oxygens (including phenoxy) is 2. The summed E-state index contributed by atoms with van der Waals surface area (Å²) in [5.41, 5.74) is 0. The number of rotatable bonds is 7. The average molecular weight is 316 g/mol. The molecule has 0 aromatic heterocycles. The Morgan fingerprint density at radius 1 is 1.19 bits per heavy atom. The molecule has 1 aromatic carbocycles. The van der Waals surface area contributed by atoms with Crippen LogP contribution in [0.15, 0.2) is 23.1 Å². The van der Waals surface area contributed by atoms with E-state index in [9.17, 15) is 13.2 Å². The van der Waals surface area contributed by atoms with E-state index in [4.69, 9.17) is 9.47 Å². The van der Waals surface area contributed by atoms with Gasteiger partial charge in [0.15, 0.2) is 11.5 Å². The van der Waals surface area contributed by atoms with Gasteiger partial charge in [-0.1, -0.05) is 0 Å². The van der Waals surface area contributed by atoms with Crippen LogP contribution < -0.4 is 14.2 Å². The number of nitrogens with zero attached hydrogens (tertiary/aromatic N) is 1. The molecule has 0 fully saturated rings. The van der Waals surface area contributed by atoms with Crippen molar-refractivity contribution >= 4 is 15.9 Å². The monoisotopic (exact) mass is 316 g/mol. The molecule has 0 unspecified atom stereocenters. The topological polar surface area (TPSA) is 84.9 Å². The minimum Gasteiger partial charge on any atom is -0.493 e. The van der Waals surface area contributed by atoms with E-state index in [1.54, 1.807) is 14.1 Å². The maximum atomic E-state index is 12.1. The number of benzene rings is 1. The molecule has 0 bridgehead atoms. The minimum absolute atomic E-state index is 0.0354. The molecule has 0 aliphatic heterocycles. The molecule has 0 heterocycles. The fourth-order valence-electron chi connectivity index (χ4n) is 1.58. The van der Waals surface area contributed by atoms with Crippen molar-refractivity contribution in [3.63, 3.8) is 0 Å². The molecule has 1 rings (SSSR count). The number of nitrogens with one attached hydrogen (secondary N) is 1. The van der Waals surface area contributed by atoms with Crippen molar-refractivity contribution in [3.05, 3.63) is 18.2 Å². The highest BCUT2D eigenvalue weighted by molar-refractivity contribution is 7.89. The highest BCUT2D eigenvalue weighted by Gasteiger charge is 2.17. The van der Waals surface area contributed by atoms with Gasteiger partial charge in [0.1, 0.15) is 0 Å². The highest BCUT2D eigenvalue weighted by Crippen LogP contribution is 2.29. The van der Waals surface area contributed by atoms with E-state index in [0.717, 1.165) is 0 Å². The Labute approximate surface area is 124 Å². The molecule has 0 saturated carbocycles. The molecular formula is C13H20N2O5S. The van der Waals surface area contributed by atoms with E-state index in [2.05, 4.69) is 4.72 Å². The molecular weight excluding hydrogens is 296 g/mol. The smallest absolute Gasteiger partial charge is 0.240 e.